The number of nitrogens with two attached hydrogens (primary N) is 1. The van der Waals surface area contributed by atoms with Gasteiger partial charge in [-0.15, -0.1) is 0 Å². The summed E-state index contributed by atoms with van der Waals surface area (Å²) < 4.78 is 6.21. The van der Waals surface area contributed by atoms with Crippen molar-refractivity contribution in [3.8, 4) is 5.75 Å². The highest BCUT2D eigenvalue weighted by Gasteiger charge is 2.12. The van der Waals surface area contributed by atoms with Crippen LogP contribution < -0.4 is 10.5 Å². The smallest absolute Gasteiger partial charge is 0.167 e. The summed E-state index contributed by atoms with van der Waals surface area (Å²) in [5, 5.41) is 0. The lowest BCUT2D eigenvalue weighted by atomic mass is 10.0. The van der Waals surface area contributed by atoms with Crippen LogP contribution in [0.4, 0.5) is 5.69 Å². The van der Waals surface area contributed by atoms with Gasteiger partial charge in [-0.3, -0.25) is 4.79 Å². The van der Waals surface area contributed by atoms with Gasteiger partial charge in [0.2, 0.25) is 0 Å². The lowest BCUT2D eigenvalue weighted by Crippen LogP contribution is -2.06. The molecule has 0 atom stereocenters. The first kappa shape index (κ1) is 14.6. The van der Waals surface area contributed by atoms with Gasteiger partial charge >= 0.3 is 0 Å². The summed E-state index contributed by atoms with van der Waals surface area (Å²) in [4.78, 5) is 12.3. The van der Waals surface area contributed by atoms with Crippen LogP contribution in [0, 0.1) is 6.92 Å². The van der Waals surface area contributed by atoms with Gasteiger partial charge in [-0.1, -0.05) is 15.9 Å². The van der Waals surface area contributed by atoms with Gasteiger partial charge < -0.3 is 10.5 Å². The van der Waals surface area contributed by atoms with E-state index in [1.54, 1.807) is 19.2 Å². The number of rotatable bonds is 4. The number of ether oxygens (including phenoxy) is 1. The van der Waals surface area contributed by atoms with Gasteiger partial charge in [0.15, 0.2) is 5.78 Å². The number of Topliss-reactive ketones (excluding diaryl/α,β-unsaturated/α-hetero) is 1. The molecule has 0 fully saturated rings. The largest absolute Gasteiger partial charge is 0.496 e. The van der Waals surface area contributed by atoms with Crippen molar-refractivity contribution in [2.75, 3.05) is 12.8 Å². The van der Waals surface area contributed by atoms with Crippen LogP contribution in [0.1, 0.15) is 21.5 Å². The molecule has 0 saturated carbocycles. The molecule has 3 nitrogen and oxygen atoms in total. The maximum Gasteiger partial charge on any atom is 0.167 e. The maximum absolute atomic E-state index is 12.3. The summed E-state index contributed by atoms with van der Waals surface area (Å²) in [5.74, 6) is 0.762. The Morgan fingerprint density at radius 2 is 2.00 bits per heavy atom. The number of carbonyl (C=O) groups excluding carboxylic acids is 1. The molecule has 0 saturated heterocycles. The van der Waals surface area contributed by atoms with E-state index in [4.69, 9.17) is 10.5 Å². The Bertz CT molecular complexity index is 653. The van der Waals surface area contributed by atoms with Gasteiger partial charge in [-0.2, -0.15) is 0 Å². The predicted molar refractivity (Wildman–Crippen MR) is 84.3 cm³/mol. The van der Waals surface area contributed by atoms with Gasteiger partial charge in [0, 0.05) is 27.7 Å². The first-order valence-corrected chi connectivity index (χ1v) is 7.02. The Morgan fingerprint density at radius 3 is 2.65 bits per heavy atom. The lowest BCUT2D eigenvalue weighted by molar-refractivity contribution is 0.0992. The standard InChI is InChI=1S/C16H16BrNO2/c1-10-7-11(3-5-14(10)18)15(19)9-12-8-13(17)4-6-16(12)20-2/h3-8H,9,18H2,1-2H3. The molecule has 0 amide bonds. The third-order valence-corrected chi connectivity index (χ3v) is 3.68. The molecule has 20 heavy (non-hydrogen) atoms. The molecule has 0 spiro atoms. The molecule has 0 aromatic heterocycles. The molecule has 2 N–H and O–H groups in total. The summed E-state index contributed by atoms with van der Waals surface area (Å²) in [6.07, 6.45) is 0.298. The zero-order chi connectivity index (χ0) is 14.7. The number of benzene rings is 2. The highest BCUT2D eigenvalue weighted by molar-refractivity contribution is 9.10. The third-order valence-electron chi connectivity index (χ3n) is 3.19. The molecule has 104 valence electrons. The normalized spacial score (nSPS) is 10.3. The summed E-state index contributed by atoms with van der Waals surface area (Å²) in [7, 11) is 1.60. The highest BCUT2D eigenvalue weighted by Crippen LogP contribution is 2.25. The maximum atomic E-state index is 12.3. The van der Waals surface area contributed by atoms with Gasteiger partial charge in [0.1, 0.15) is 5.75 Å². The second kappa shape index (κ2) is 6.09. The van der Waals surface area contributed by atoms with Gasteiger partial charge in [0.25, 0.3) is 0 Å². The number of anilines is 1. The van der Waals surface area contributed by atoms with E-state index in [1.165, 1.54) is 0 Å². The number of halogens is 1. The zero-order valence-corrected chi connectivity index (χ0v) is 13.0. The van der Waals surface area contributed by atoms with E-state index >= 15 is 0 Å². The molecule has 2 aromatic rings. The monoisotopic (exact) mass is 333 g/mol. The molecule has 0 aliphatic carbocycles. The van der Waals surface area contributed by atoms with E-state index in [1.807, 2.05) is 31.2 Å². The summed E-state index contributed by atoms with van der Waals surface area (Å²) in [5.41, 5.74) is 8.91. The number of aryl methyl sites for hydroxylation is 1. The Labute approximate surface area is 126 Å². The van der Waals surface area contributed by atoms with Crippen LogP contribution in [-0.2, 0) is 6.42 Å². The quantitative estimate of drug-likeness (QED) is 0.684. The zero-order valence-electron chi connectivity index (χ0n) is 11.4. The minimum absolute atomic E-state index is 0.0458. The molecule has 2 rings (SSSR count). The van der Waals surface area contributed by atoms with Crippen molar-refractivity contribution in [2.24, 2.45) is 0 Å². The molecule has 0 heterocycles. The van der Waals surface area contributed by atoms with Crippen LogP contribution >= 0.6 is 15.9 Å². The minimum Gasteiger partial charge on any atom is -0.496 e. The second-order valence-corrected chi connectivity index (χ2v) is 5.54. The number of hydrogen-bond acceptors (Lipinski definition) is 3. The van der Waals surface area contributed by atoms with Crippen molar-refractivity contribution in [2.45, 2.75) is 13.3 Å². The number of hydrogen-bond donors (Lipinski definition) is 1. The van der Waals surface area contributed by atoms with Crippen LogP contribution in [0.5, 0.6) is 5.75 Å². The summed E-state index contributed by atoms with van der Waals surface area (Å²) in [6, 6.07) is 11.0. The average Bonchev–Trinajstić information content (AvgIpc) is 2.42. The van der Waals surface area contributed by atoms with Gasteiger partial charge in [-0.05, 0) is 48.9 Å². The van der Waals surface area contributed by atoms with Crippen LogP contribution in [0.3, 0.4) is 0 Å². The Balaban J connectivity index is 2.27. The van der Waals surface area contributed by atoms with E-state index in [0.717, 1.165) is 15.6 Å². The van der Waals surface area contributed by atoms with Gasteiger partial charge in [0.05, 0.1) is 7.11 Å². The van der Waals surface area contributed by atoms with E-state index < -0.39 is 0 Å². The minimum atomic E-state index is 0.0458. The lowest BCUT2D eigenvalue weighted by Gasteiger charge is -2.09. The number of carbonyl (C=O) groups is 1. The fourth-order valence-corrected chi connectivity index (χ4v) is 2.42. The van der Waals surface area contributed by atoms with Crippen molar-refractivity contribution < 1.29 is 9.53 Å². The number of methoxy groups -OCH3 is 1. The van der Waals surface area contributed by atoms with Crippen molar-refractivity contribution in [3.05, 3.63) is 57.6 Å². The molecule has 0 bridgehead atoms. The summed E-state index contributed by atoms with van der Waals surface area (Å²) in [6.45, 7) is 1.89. The first-order chi connectivity index (χ1) is 9.51. The number of ketones is 1. The predicted octanol–water partition coefficient (Wildman–Crippen LogP) is 3.77. The molecule has 0 unspecified atom stereocenters. The molecular weight excluding hydrogens is 318 g/mol. The van der Waals surface area contributed by atoms with Crippen molar-refractivity contribution in [1.82, 2.24) is 0 Å². The second-order valence-electron chi connectivity index (χ2n) is 4.63. The molecule has 2 aromatic carbocycles. The fraction of sp³-hybridized carbons (Fsp3) is 0.188. The van der Waals surface area contributed by atoms with Crippen LogP contribution in [0.2, 0.25) is 0 Å². The topological polar surface area (TPSA) is 52.3 Å². The Hall–Kier alpha value is -1.81. The Morgan fingerprint density at radius 1 is 1.25 bits per heavy atom. The van der Waals surface area contributed by atoms with Crippen LogP contribution in [0.15, 0.2) is 40.9 Å². The Kier molecular flexibility index (Phi) is 4.45. The fourth-order valence-electron chi connectivity index (χ4n) is 2.01. The van der Waals surface area contributed by atoms with E-state index in [9.17, 15) is 4.79 Å². The van der Waals surface area contributed by atoms with Gasteiger partial charge in [-0.25, -0.2) is 0 Å². The van der Waals surface area contributed by atoms with E-state index in [2.05, 4.69) is 15.9 Å². The third kappa shape index (κ3) is 3.20. The first-order valence-electron chi connectivity index (χ1n) is 6.23. The molecule has 0 aliphatic rings. The van der Waals surface area contributed by atoms with Crippen molar-refractivity contribution in [3.63, 3.8) is 0 Å². The SMILES string of the molecule is COc1ccc(Br)cc1CC(=O)c1ccc(N)c(C)c1. The van der Waals surface area contributed by atoms with Crippen LogP contribution in [-0.4, -0.2) is 12.9 Å². The number of nitrogen functional groups attached to an aromatic ring is 1. The molecular formula is C16H16BrNO2. The van der Waals surface area contributed by atoms with E-state index in [-0.39, 0.29) is 5.78 Å². The highest BCUT2D eigenvalue weighted by atomic mass is 79.9. The van der Waals surface area contributed by atoms with E-state index in [0.29, 0.717) is 23.4 Å². The van der Waals surface area contributed by atoms with Crippen molar-refractivity contribution in [1.29, 1.82) is 0 Å². The molecule has 0 radical (unpaired) electrons. The molecule has 4 heteroatoms. The summed E-state index contributed by atoms with van der Waals surface area (Å²) >= 11 is 3.41. The van der Waals surface area contributed by atoms with Crippen molar-refractivity contribution >= 4 is 27.4 Å². The van der Waals surface area contributed by atoms with Crippen LogP contribution in [0.25, 0.3) is 0 Å². The molecule has 0 aliphatic heterocycles. The average molecular weight is 334 g/mol.